The molecule has 4 nitrogen and oxygen atoms in total. The van der Waals surface area contributed by atoms with Crippen molar-refractivity contribution in [2.75, 3.05) is 6.61 Å². The fourth-order valence-corrected chi connectivity index (χ4v) is 1.80. The molecule has 19 heavy (non-hydrogen) atoms. The molecule has 0 saturated carbocycles. The normalized spacial score (nSPS) is 12.3. The van der Waals surface area contributed by atoms with Gasteiger partial charge in [0.05, 0.1) is 12.6 Å². The van der Waals surface area contributed by atoms with E-state index in [0.717, 1.165) is 0 Å². The van der Waals surface area contributed by atoms with E-state index in [9.17, 15) is 9.18 Å². The number of aliphatic hydroxyl groups is 1. The number of hydrogen-bond acceptors (Lipinski definition) is 2. The highest BCUT2D eigenvalue weighted by molar-refractivity contribution is 5.74. The van der Waals surface area contributed by atoms with Gasteiger partial charge in [-0.3, -0.25) is 0 Å². The second-order valence-electron chi connectivity index (χ2n) is 4.93. The molecule has 5 heteroatoms. The van der Waals surface area contributed by atoms with Crippen LogP contribution in [0.25, 0.3) is 0 Å². The number of halogens is 1. The van der Waals surface area contributed by atoms with Crippen molar-refractivity contribution in [2.24, 2.45) is 5.92 Å². The molecule has 0 aromatic heterocycles. The Hall–Kier alpha value is -1.62. The zero-order valence-corrected chi connectivity index (χ0v) is 11.3. The van der Waals surface area contributed by atoms with Crippen LogP contribution < -0.4 is 10.6 Å². The summed E-state index contributed by atoms with van der Waals surface area (Å²) < 4.78 is 13.3. The van der Waals surface area contributed by atoms with Gasteiger partial charge in [0.2, 0.25) is 0 Å². The summed E-state index contributed by atoms with van der Waals surface area (Å²) >= 11 is 0. The summed E-state index contributed by atoms with van der Waals surface area (Å²) in [5, 5.41) is 14.4. The zero-order valence-electron chi connectivity index (χ0n) is 11.3. The van der Waals surface area contributed by atoms with Crippen molar-refractivity contribution < 1.29 is 14.3 Å². The first-order valence-electron chi connectivity index (χ1n) is 6.41. The van der Waals surface area contributed by atoms with E-state index in [2.05, 4.69) is 10.6 Å². The molecule has 0 fully saturated rings. The zero-order chi connectivity index (χ0) is 14.3. The molecular formula is C14H21FN2O2. The number of carbonyl (C=O) groups excluding carboxylic acids is 1. The first-order chi connectivity index (χ1) is 9.02. The van der Waals surface area contributed by atoms with Crippen molar-refractivity contribution in [1.82, 2.24) is 10.6 Å². The van der Waals surface area contributed by atoms with Crippen LogP contribution in [0.3, 0.4) is 0 Å². The van der Waals surface area contributed by atoms with Gasteiger partial charge in [-0.1, -0.05) is 32.0 Å². The molecule has 0 spiro atoms. The summed E-state index contributed by atoms with van der Waals surface area (Å²) in [6, 6.07) is 5.61. The second kappa shape index (κ2) is 7.74. The number of urea groups is 1. The average molecular weight is 268 g/mol. The molecule has 2 amide bonds. The van der Waals surface area contributed by atoms with Crippen molar-refractivity contribution in [2.45, 2.75) is 32.9 Å². The Morgan fingerprint density at radius 3 is 2.63 bits per heavy atom. The minimum atomic E-state index is -0.400. The molecule has 0 bridgehead atoms. The van der Waals surface area contributed by atoms with Crippen LogP contribution in [0.1, 0.15) is 25.8 Å². The number of carbonyl (C=O) groups is 1. The maximum Gasteiger partial charge on any atom is 0.315 e. The van der Waals surface area contributed by atoms with E-state index in [1.54, 1.807) is 18.2 Å². The van der Waals surface area contributed by atoms with Crippen LogP contribution >= 0.6 is 0 Å². The Kier molecular flexibility index (Phi) is 6.29. The van der Waals surface area contributed by atoms with Crippen molar-refractivity contribution in [3.05, 3.63) is 35.6 Å². The molecule has 0 aliphatic rings. The lowest BCUT2D eigenvalue weighted by Gasteiger charge is -2.18. The minimum absolute atomic E-state index is 0.106. The summed E-state index contributed by atoms with van der Waals surface area (Å²) in [6.45, 7) is 4.05. The highest BCUT2D eigenvalue weighted by atomic mass is 19.1. The molecule has 1 rings (SSSR count). The van der Waals surface area contributed by atoms with Crippen molar-refractivity contribution in [3.8, 4) is 0 Å². The Morgan fingerprint density at radius 1 is 1.37 bits per heavy atom. The van der Waals surface area contributed by atoms with Crippen LogP contribution in [0.2, 0.25) is 0 Å². The van der Waals surface area contributed by atoms with Gasteiger partial charge in [0.25, 0.3) is 0 Å². The molecule has 3 N–H and O–H groups in total. The van der Waals surface area contributed by atoms with E-state index in [1.807, 2.05) is 13.8 Å². The molecule has 1 atom stereocenters. The molecule has 106 valence electrons. The molecule has 0 radical (unpaired) electrons. The third kappa shape index (κ3) is 5.70. The van der Waals surface area contributed by atoms with Crippen LogP contribution in [-0.4, -0.2) is 23.8 Å². The van der Waals surface area contributed by atoms with E-state index < -0.39 is 6.03 Å². The SMILES string of the molecule is CC(C)CC(CO)NC(=O)NCc1ccccc1F. The number of aliphatic hydroxyl groups excluding tert-OH is 1. The number of rotatable bonds is 6. The lowest BCUT2D eigenvalue weighted by molar-refractivity contribution is 0.206. The number of nitrogens with one attached hydrogen (secondary N) is 2. The van der Waals surface area contributed by atoms with Crippen molar-refractivity contribution in [3.63, 3.8) is 0 Å². The quantitative estimate of drug-likeness (QED) is 0.739. The fraction of sp³-hybridized carbons (Fsp3) is 0.500. The standard InChI is InChI=1S/C14H21FN2O2/c1-10(2)7-12(9-18)17-14(19)16-8-11-5-3-4-6-13(11)15/h3-6,10,12,18H,7-9H2,1-2H3,(H2,16,17,19). The summed E-state index contributed by atoms with van der Waals surface area (Å²) in [5.41, 5.74) is 0.432. The Balaban J connectivity index is 2.41. The summed E-state index contributed by atoms with van der Waals surface area (Å²) in [6.07, 6.45) is 0.698. The first kappa shape index (κ1) is 15.4. The van der Waals surface area contributed by atoms with Gasteiger partial charge < -0.3 is 15.7 Å². The van der Waals surface area contributed by atoms with Crippen molar-refractivity contribution >= 4 is 6.03 Å². The lowest BCUT2D eigenvalue weighted by atomic mass is 10.0. The summed E-state index contributed by atoms with van der Waals surface area (Å²) in [7, 11) is 0. The smallest absolute Gasteiger partial charge is 0.315 e. The Bertz CT molecular complexity index is 410. The predicted molar refractivity (Wildman–Crippen MR) is 72.1 cm³/mol. The highest BCUT2D eigenvalue weighted by Gasteiger charge is 2.12. The largest absolute Gasteiger partial charge is 0.394 e. The van der Waals surface area contributed by atoms with E-state index >= 15 is 0 Å². The summed E-state index contributed by atoms with van der Waals surface area (Å²) in [4.78, 5) is 11.6. The van der Waals surface area contributed by atoms with Crippen molar-refractivity contribution in [1.29, 1.82) is 0 Å². The van der Waals surface area contributed by atoms with Gasteiger partial charge in [0.15, 0.2) is 0 Å². The monoisotopic (exact) mass is 268 g/mol. The fourth-order valence-electron chi connectivity index (χ4n) is 1.80. The van der Waals surface area contributed by atoms with E-state index in [-0.39, 0.29) is 25.0 Å². The van der Waals surface area contributed by atoms with Gasteiger partial charge in [0.1, 0.15) is 5.82 Å². The molecular weight excluding hydrogens is 247 g/mol. The predicted octanol–water partition coefficient (Wildman–Crippen LogP) is 2.03. The van der Waals surface area contributed by atoms with E-state index in [0.29, 0.717) is 17.9 Å². The van der Waals surface area contributed by atoms with Gasteiger partial charge in [-0.15, -0.1) is 0 Å². The average Bonchev–Trinajstić information content (AvgIpc) is 2.36. The second-order valence-corrected chi connectivity index (χ2v) is 4.93. The van der Waals surface area contributed by atoms with Gasteiger partial charge >= 0.3 is 6.03 Å². The highest BCUT2D eigenvalue weighted by Crippen LogP contribution is 2.06. The lowest BCUT2D eigenvalue weighted by Crippen LogP contribution is -2.44. The third-order valence-electron chi connectivity index (χ3n) is 2.71. The van der Waals surface area contributed by atoms with Crippen LogP contribution in [0.15, 0.2) is 24.3 Å². The molecule has 0 saturated heterocycles. The van der Waals surface area contributed by atoms with Gasteiger partial charge in [0, 0.05) is 12.1 Å². The molecule has 0 heterocycles. The number of benzene rings is 1. The topological polar surface area (TPSA) is 61.4 Å². The maximum atomic E-state index is 13.3. The molecule has 1 aromatic carbocycles. The van der Waals surface area contributed by atoms with Gasteiger partial charge in [-0.05, 0) is 18.4 Å². The van der Waals surface area contributed by atoms with E-state index in [1.165, 1.54) is 6.07 Å². The maximum absolute atomic E-state index is 13.3. The Morgan fingerprint density at radius 2 is 2.05 bits per heavy atom. The molecule has 0 aliphatic carbocycles. The molecule has 1 unspecified atom stereocenters. The molecule has 0 aliphatic heterocycles. The number of hydrogen-bond donors (Lipinski definition) is 3. The van der Waals surface area contributed by atoms with Crippen LogP contribution in [0, 0.1) is 11.7 Å². The first-order valence-corrected chi connectivity index (χ1v) is 6.41. The summed E-state index contributed by atoms with van der Waals surface area (Å²) in [5.74, 6) is 0.0349. The van der Waals surface area contributed by atoms with E-state index in [4.69, 9.17) is 5.11 Å². The van der Waals surface area contributed by atoms with Crippen LogP contribution in [0.5, 0.6) is 0 Å². The third-order valence-corrected chi connectivity index (χ3v) is 2.71. The van der Waals surface area contributed by atoms with Gasteiger partial charge in [-0.25, -0.2) is 9.18 Å². The van der Waals surface area contributed by atoms with Crippen LogP contribution in [-0.2, 0) is 6.54 Å². The minimum Gasteiger partial charge on any atom is -0.394 e. The number of amides is 2. The van der Waals surface area contributed by atoms with Crippen LogP contribution in [0.4, 0.5) is 9.18 Å². The Labute approximate surface area is 113 Å². The molecule has 1 aromatic rings. The van der Waals surface area contributed by atoms with Gasteiger partial charge in [-0.2, -0.15) is 0 Å².